The zero-order chi connectivity index (χ0) is 19.5. The molecule has 1 amide bonds. The van der Waals surface area contributed by atoms with Gasteiger partial charge in [0.2, 0.25) is 5.91 Å². The van der Waals surface area contributed by atoms with E-state index in [9.17, 15) is 4.79 Å². The number of rotatable bonds is 6. The first kappa shape index (κ1) is 18.5. The second-order valence-corrected chi connectivity index (χ2v) is 7.09. The number of imidazole rings is 1. The highest BCUT2D eigenvalue weighted by molar-refractivity contribution is 5.81. The highest BCUT2D eigenvalue weighted by Gasteiger charge is 2.26. The number of benzene rings is 2. The molecule has 2 heterocycles. The smallest absolute Gasteiger partial charge is 0.249 e. The van der Waals surface area contributed by atoms with Crippen molar-refractivity contribution in [3.63, 3.8) is 0 Å². The standard InChI is InChI=1S/C22H25N3O3/c1-15(23-22(26)20-12-7-13-28-20)21-24-17-9-4-5-10-18(17)25(21)14-16-8-3-6-11-19(16)27-2/h3-6,8-11,15,20H,7,12-14H2,1-2H3,(H,23,26). The van der Waals surface area contributed by atoms with E-state index in [1.165, 1.54) is 0 Å². The van der Waals surface area contributed by atoms with Crippen LogP contribution in [-0.4, -0.2) is 35.3 Å². The molecule has 0 bridgehead atoms. The average molecular weight is 379 g/mol. The van der Waals surface area contributed by atoms with Crippen molar-refractivity contribution < 1.29 is 14.3 Å². The molecular weight excluding hydrogens is 354 g/mol. The van der Waals surface area contributed by atoms with Crippen LogP contribution >= 0.6 is 0 Å². The lowest BCUT2D eigenvalue weighted by Crippen LogP contribution is -2.36. The molecule has 0 radical (unpaired) electrons. The van der Waals surface area contributed by atoms with Crippen LogP contribution in [0.3, 0.4) is 0 Å². The van der Waals surface area contributed by atoms with Gasteiger partial charge in [0.25, 0.3) is 0 Å². The number of hydrogen-bond acceptors (Lipinski definition) is 4. The molecule has 28 heavy (non-hydrogen) atoms. The minimum Gasteiger partial charge on any atom is -0.496 e. The lowest BCUT2D eigenvalue weighted by molar-refractivity contribution is -0.130. The minimum absolute atomic E-state index is 0.0686. The SMILES string of the molecule is COc1ccccc1Cn1c(C(C)NC(=O)C2CCCO2)nc2ccccc21. The summed E-state index contributed by atoms with van der Waals surface area (Å²) in [6.07, 6.45) is 1.35. The predicted molar refractivity (Wildman–Crippen MR) is 107 cm³/mol. The molecule has 1 aliphatic rings. The van der Waals surface area contributed by atoms with E-state index < -0.39 is 0 Å². The van der Waals surface area contributed by atoms with Gasteiger partial charge >= 0.3 is 0 Å². The van der Waals surface area contributed by atoms with Crippen molar-refractivity contribution in [2.45, 2.75) is 38.5 Å². The fourth-order valence-electron chi connectivity index (χ4n) is 3.75. The van der Waals surface area contributed by atoms with Gasteiger partial charge in [0.05, 0.1) is 30.7 Å². The van der Waals surface area contributed by atoms with E-state index in [2.05, 4.69) is 16.0 Å². The first-order valence-corrected chi connectivity index (χ1v) is 9.66. The van der Waals surface area contributed by atoms with Crippen LogP contribution < -0.4 is 10.1 Å². The maximum atomic E-state index is 12.5. The van der Waals surface area contributed by atoms with Gasteiger partial charge < -0.3 is 19.4 Å². The Morgan fingerprint density at radius 2 is 2.07 bits per heavy atom. The molecule has 1 fully saturated rings. The third-order valence-electron chi connectivity index (χ3n) is 5.17. The number of para-hydroxylation sites is 3. The summed E-state index contributed by atoms with van der Waals surface area (Å²) in [5.41, 5.74) is 3.00. The zero-order valence-corrected chi connectivity index (χ0v) is 16.2. The average Bonchev–Trinajstić information content (AvgIpc) is 3.37. The number of carbonyl (C=O) groups is 1. The monoisotopic (exact) mass is 379 g/mol. The van der Waals surface area contributed by atoms with E-state index in [0.717, 1.165) is 41.0 Å². The third kappa shape index (κ3) is 3.60. The Balaban J connectivity index is 1.67. The van der Waals surface area contributed by atoms with Crippen LogP contribution in [0.2, 0.25) is 0 Å². The second kappa shape index (κ2) is 8.02. The summed E-state index contributed by atoms with van der Waals surface area (Å²) in [5.74, 6) is 1.58. The van der Waals surface area contributed by atoms with Crippen LogP contribution in [0.25, 0.3) is 11.0 Å². The summed E-state index contributed by atoms with van der Waals surface area (Å²) in [5, 5.41) is 3.08. The maximum absolute atomic E-state index is 12.5. The van der Waals surface area contributed by atoms with Crippen molar-refractivity contribution in [2.75, 3.05) is 13.7 Å². The van der Waals surface area contributed by atoms with Crippen molar-refractivity contribution in [2.24, 2.45) is 0 Å². The van der Waals surface area contributed by atoms with Crippen molar-refractivity contribution in [1.82, 2.24) is 14.9 Å². The molecule has 1 aliphatic heterocycles. The summed E-state index contributed by atoms with van der Waals surface area (Å²) in [7, 11) is 1.68. The molecule has 1 saturated heterocycles. The Morgan fingerprint density at radius 3 is 2.86 bits per heavy atom. The van der Waals surface area contributed by atoms with Gasteiger partial charge in [0.15, 0.2) is 0 Å². The van der Waals surface area contributed by atoms with Crippen LogP contribution in [0.4, 0.5) is 0 Å². The van der Waals surface area contributed by atoms with Crippen molar-refractivity contribution >= 4 is 16.9 Å². The molecule has 1 N–H and O–H groups in total. The first-order chi connectivity index (χ1) is 13.7. The van der Waals surface area contributed by atoms with Crippen LogP contribution in [0, 0.1) is 0 Å². The van der Waals surface area contributed by atoms with Gasteiger partial charge in [-0.2, -0.15) is 0 Å². The maximum Gasteiger partial charge on any atom is 0.249 e. The molecule has 2 unspecified atom stereocenters. The summed E-state index contributed by atoms with van der Waals surface area (Å²) in [6.45, 7) is 3.23. The van der Waals surface area contributed by atoms with Gasteiger partial charge in [0, 0.05) is 12.2 Å². The van der Waals surface area contributed by atoms with E-state index >= 15 is 0 Å². The van der Waals surface area contributed by atoms with Gasteiger partial charge in [-0.1, -0.05) is 30.3 Å². The molecular formula is C22H25N3O3. The number of methoxy groups -OCH3 is 1. The molecule has 6 nitrogen and oxygen atoms in total. The molecule has 2 atom stereocenters. The van der Waals surface area contributed by atoms with E-state index in [-0.39, 0.29) is 18.1 Å². The lowest BCUT2D eigenvalue weighted by atomic mass is 10.2. The molecule has 1 aromatic heterocycles. The second-order valence-electron chi connectivity index (χ2n) is 7.09. The van der Waals surface area contributed by atoms with E-state index in [0.29, 0.717) is 13.2 Å². The van der Waals surface area contributed by atoms with Gasteiger partial charge in [-0.05, 0) is 38.0 Å². The Morgan fingerprint density at radius 1 is 1.29 bits per heavy atom. The minimum atomic E-state index is -0.352. The molecule has 146 valence electrons. The van der Waals surface area contributed by atoms with Crippen molar-refractivity contribution in [3.8, 4) is 5.75 Å². The Hall–Kier alpha value is -2.86. The number of aromatic nitrogens is 2. The molecule has 3 aromatic rings. The fraction of sp³-hybridized carbons (Fsp3) is 0.364. The number of fused-ring (bicyclic) bond motifs is 1. The number of carbonyl (C=O) groups excluding carboxylic acids is 1. The highest BCUT2D eigenvalue weighted by Crippen LogP contribution is 2.26. The van der Waals surface area contributed by atoms with Gasteiger partial charge in [-0.3, -0.25) is 4.79 Å². The Kier molecular flexibility index (Phi) is 5.30. The van der Waals surface area contributed by atoms with Crippen molar-refractivity contribution in [3.05, 3.63) is 59.9 Å². The van der Waals surface area contributed by atoms with Crippen molar-refractivity contribution in [1.29, 1.82) is 0 Å². The number of ether oxygens (including phenoxy) is 2. The Bertz CT molecular complexity index is 976. The van der Waals surface area contributed by atoms with Crippen LogP contribution in [0.15, 0.2) is 48.5 Å². The van der Waals surface area contributed by atoms with Gasteiger partial charge in [-0.25, -0.2) is 4.98 Å². The number of nitrogens with zero attached hydrogens (tertiary/aromatic N) is 2. The molecule has 6 heteroatoms. The highest BCUT2D eigenvalue weighted by atomic mass is 16.5. The summed E-state index contributed by atoms with van der Waals surface area (Å²) < 4.78 is 13.2. The largest absolute Gasteiger partial charge is 0.496 e. The van der Waals surface area contributed by atoms with Gasteiger partial charge in [-0.15, -0.1) is 0 Å². The van der Waals surface area contributed by atoms with E-state index in [1.54, 1.807) is 7.11 Å². The summed E-state index contributed by atoms with van der Waals surface area (Å²) in [4.78, 5) is 17.3. The predicted octanol–water partition coefficient (Wildman–Crippen LogP) is 3.45. The zero-order valence-electron chi connectivity index (χ0n) is 16.2. The first-order valence-electron chi connectivity index (χ1n) is 9.66. The normalized spacial score (nSPS) is 17.6. The van der Waals surface area contributed by atoms with E-state index in [4.69, 9.17) is 14.5 Å². The number of nitrogens with one attached hydrogen (secondary N) is 1. The quantitative estimate of drug-likeness (QED) is 0.712. The molecule has 0 saturated carbocycles. The lowest BCUT2D eigenvalue weighted by Gasteiger charge is -2.19. The van der Waals surface area contributed by atoms with E-state index in [1.807, 2.05) is 49.4 Å². The van der Waals surface area contributed by atoms with Crippen LogP contribution in [0.1, 0.15) is 37.2 Å². The number of hydrogen-bond donors (Lipinski definition) is 1. The third-order valence-corrected chi connectivity index (χ3v) is 5.17. The van der Waals surface area contributed by atoms with Crippen LogP contribution in [-0.2, 0) is 16.1 Å². The van der Waals surface area contributed by atoms with Crippen LogP contribution in [0.5, 0.6) is 5.75 Å². The molecule has 0 spiro atoms. The summed E-state index contributed by atoms with van der Waals surface area (Å²) >= 11 is 0. The topological polar surface area (TPSA) is 65.4 Å². The Labute approximate surface area is 164 Å². The molecule has 4 rings (SSSR count). The van der Waals surface area contributed by atoms with Gasteiger partial charge in [0.1, 0.15) is 17.7 Å². The summed E-state index contributed by atoms with van der Waals surface area (Å²) in [6, 6.07) is 15.7. The number of amides is 1. The molecule has 0 aliphatic carbocycles. The molecule has 2 aromatic carbocycles. The fourth-order valence-corrected chi connectivity index (χ4v) is 3.75.